The zero-order chi connectivity index (χ0) is 18.5. The molecule has 0 radical (unpaired) electrons. The molecule has 0 saturated carbocycles. The zero-order valence-electron chi connectivity index (χ0n) is 13.8. The van der Waals surface area contributed by atoms with Crippen molar-refractivity contribution in [2.24, 2.45) is 5.73 Å². The van der Waals surface area contributed by atoms with Gasteiger partial charge in [0.05, 0.1) is 17.2 Å². The predicted molar refractivity (Wildman–Crippen MR) is 101 cm³/mol. The van der Waals surface area contributed by atoms with E-state index >= 15 is 0 Å². The summed E-state index contributed by atoms with van der Waals surface area (Å²) in [5, 5.41) is 9.64. The van der Waals surface area contributed by atoms with E-state index in [1.165, 1.54) is 6.07 Å². The SMILES string of the molecule is N#Cc1ccccc1-c1ccc(COc2ccc(Cl)cc2C(N)=O)cc1. The van der Waals surface area contributed by atoms with Crippen molar-refractivity contribution in [3.05, 3.63) is 88.4 Å². The van der Waals surface area contributed by atoms with Crippen LogP contribution in [0.4, 0.5) is 0 Å². The quantitative estimate of drug-likeness (QED) is 0.723. The summed E-state index contributed by atoms with van der Waals surface area (Å²) in [5.41, 5.74) is 9.00. The van der Waals surface area contributed by atoms with Gasteiger partial charge in [-0.3, -0.25) is 4.79 Å². The molecule has 0 spiro atoms. The molecule has 3 aromatic rings. The van der Waals surface area contributed by atoms with Gasteiger partial charge in [-0.15, -0.1) is 0 Å². The molecule has 5 heteroatoms. The van der Waals surface area contributed by atoms with Crippen LogP contribution in [-0.4, -0.2) is 5.91 Å². The molecular weight excluding hydrogens is 348 g/mol. The molecule has 0 aliphatic carbocycles. The van der Waals surface area contributed by atoms with Gasteiger partial charge in [0.25, 0.3) is 5.91 Å². The normalized spacial score (nSPS) is 10.2. The Morgan fingerprint density at radius 3 is 2.50 bits per heavy atom. The van der Waals surface area contributed by atoms with Gasteiger partial charge < -0.3 is 10.5 Å². The van der Waals surface area contributed by atoms with Gasteiger partial charge >= 0.3 is 0 Å². The van der Waals surface area contributed by atoms with Crippen molar-refractivity contribution >= 4 is 17.5 Å². The van der Waals surface area contributed by atoms with E-state index in [9.17, 15) is 10.1 Å². The number of benzene rings is 3. The van der Waals surface area contributed by atoms with E-state index in [-0.39, 0.29) is 12.2 Å². The first-order chi connectivity index (χ1) is 12.6. The Kier molecular flexibility index (Phi) is 5.21. The van der Waals surface area contributed by atoms with Crippen LogP contribution in [0, 0.1) is 11.3 Å². The average Bonchev–Trinajstić information content (AvgIpc) is 2.67. The summed E-state index contributed by atoms with van der Waals surface area (Å²) in [7, 11) is 0. The minimum Gasteiger partial charge on any atom is -0.488 e. The molecular formula is C21H15ClN2O2. The Labute approximate surface area is 156 Å². The third-order valence-electron chi connectivity index (χ3n) is 3.91. The molecule has 3 aromatic carbocycles. The van der Waals surface area contributed by atoms with Crippen LogP contribution in [0.25, 0.3) is 11.1 Å². The van der Waals surface area contributed by atoms with Crippen LogP contribution in [0.1, 0.15) is 21.5 Å². The molecule has 0 aliphatic heterocycles. The number of hydrogen-bond donors (Lipinski definition) is 1. The number of rotatable bonds is 5. The fourth-order valence-corrected chi connectivity index (χ4v) is 2.77. The molecule has 0 heterocycles. The first-order valence-corrected chi connectivity index (χ1v) is 8.27. The summed E-state index contributed by atoms with van der Waals surface area (Å²) in [4.78, 5) is 11.5. The van der Waals surface area contributed by atoms with Crippen LogP contribution in [0.3, 0.4) is 0 Å². The third kappa shape index (κ3) is 3.85. The fourth-order valence-electron chi connectivity index (χ4n) is 2.59. The second-order valence-corrected chi connectivity index (χ2v) is 6.08. The van der Waals surface area contributed by atoms with E-state index < -0.39 is 5.91 Å². The Hall–Kier alpha value is -3.29. The van der Waals surface area contributed by atoms with Crippen LogP contribution in [0.15, 0.2) is 66.7 Å². The topological polar surface area (TPSA) is 76.1 Å². The lowest BCUT2D eigenvalue weighted by Gasteiger charge is -2.11. The molecule has 0 aromatic heterocycles. The Bertz CT molecular complexity index is 992. The van der Waals surface area contributed by atoms with Crippen molar-refractivity contribution in [1.29, 1.82) is 5.26 Å². The van der Waals surface area contributed by atoms with E-state index in [0.717, 1.165) is 16.7 Å². The van der Waals surface area contributed by atoms with Gasteiger partial charge in [0.2, 0.25) is 0 Å². The van der Waals surface area contributed by atoms with Gasteiger partial charge in [-0.25, -0.2) is 0 Å². The van der Waals surface area contributed by atoms with Crippen molar-refractivity contribution in [1.82, 2.24) is 0 Å². The highest BCUT2D eigenvalue weighted by Gasteiger charge is 2.10. The number of ether oxygens (including phenoxy) is 1. The van der Waals surface area contributed by atoms with Gasteiger partial charge in [0.1, 0.15) is 12.4 Å². The number of carbonyl (C=O) groups is 1. The van der Waals surface area contributed by atoms with Crippen molar-refractivity contribution in [3.63, 3.8) is 0 Å². The molecule has 0 saturated heterocycles. The number of nitrogens with zero attached hydrogens (tertiary/aromatic N) is 1. The van der Waals surface area contributed by atoms with Crippen LogP contribution in [0.5, 0.6) is 5.75 Å². The predicted octanol–water partition coefficient (Wildman–Crippen LogP) is 4.56. The van der Waals surface area contributed by atoms with Gasteiger partial charge in [0.15, 0.2) is 0 Å². The maximum atomic E-state index is 11.5. The summed E-state index contributed by atoms with van der Waals surface area (Å²) < 4.78 is 5.72. The minimum atomic E-state index is -0.592. The lowest BCUT2D eigenvalue weighted by Crippen LogP contribution is -2.13. The van der Waals surface area contributed by atoms with Gasteiger partial charge in [-0.1, -0.05) is 54.1 Å². The van der Waals surface area contributed by atoms with Gasteiger partial charge in [0, 0.05) is 5.02 Å². The van der Waals surface area contributed by atoms with Crippen molar-refractivity contribution in [2.45, 2.75) is 6.61 Å². The van der Waals surface area contributed by atoms with Crippen molar-refractivity contribution in [3.8, 4) is 22.9 Å². The lowest BCUT2D eigenvalue weighted by molar-refractivity contribution is 0.0996. The molecule has 128 valence electrons. The van der Waals surface area contributed by atoms with E-state index in [2.05, 4.69) is 6.07 Å². The monoisotopic (exact) mass is 362 g/mol. The van der Waals surface area contributed by atoms with Crippen LogP contribution >= 0.6 is 11.6 Å². The molecule has 4 nitrogen and oxygen atoms in total. The molecule has 0 unspecified atom stereocenters. The number of hydrogen-bond acceptors (Lipinski definition) is 3. The first kappa shape index (κ1) is 17.5. The Morgan fingerprint density at radius 1 is 1.08 bits per heavy atom. The minimum absolute atomic E-state index is 0.247. The molecule has 1 amide bonds. The second-order valence-electron chi connectivity index (χ2n) is 5.65. The highest BCUT2D eigenvalue weighted by molar-refractivity contribution is 6.31. The Morgan fingerprint density at radius 2 is 1.81 bits per heavy atom. The largest absolute Gasteiger partial charge is 0.488 e. The maximum absolute atomic E-state index is 11.5. The average molecular weight is 363 g/mol. The smallest absolute Gasteiger partial charge is 0.252 e. The summed E-state index contributed by atoms with van der Waals surface area (Å²) in [6.07, 6.45) is 0. The van der Waals surface area contributed by atoms with Crippen LogP contribution in [-0.2, 0) is 6.61 Å². The number of amides is 1. The molecule has 0 fully saturated rings. The highest BCUT2D eigenvalue weighted by atomic mass is 35.5. The van der Waals surface area contributed by atoms with E-state index in [0.29, 0.717) is 16.3 Å². The van der Waals surface area contributed by atoms with E-state index in [4.69, 9.17) is 22.1 Å². The summed E-state index contributed by atoms with van der Waals surface area (Å²) in [5.74, 6) is -0.202. The summed E-state index contributed by atoms with van der Waals surface area (Å²) in [6, 6.07) is 22.1. The fraction of sp³-hybridized carbons (Fsp3) is 0.0476. The molecule has 2 N–H and O–H groups in total. The number of nitriles is 1. The van der Waals surface area contributed by atoms with Crippen LogP contribution < -0.4 is 10.5 Å². The molecule has 3 rings (SSSR count). The second kappa shape index (κ2) is 7.73. The standard InChI is InChI=1S/C21H15ClN2O2/c22-17-9-10-20(19(11-17)21(24)25)26-13-14-5-7-15(8-6-14)18-4-2-1-3-16(18)12-23/h1-11H,13H2,(H2,24,25). The van der Waals surface area contributed by atoms with E-state index in [1.807, 2.05) is 42.5 Å². The molecule has 26 heavy (non-hydrogen) atoms. The lowest BCUT2D eigenvalue weighted by atomic mass is 9.99. The van der Waals surface area contributed by atoms with Gasteiger partial charge in [-0.05, 0) is 41.0 Å². The molecule has 0 atom stereocenters. The van der Waals surface area contributed by atoms with Crippen molar-refractivity contribution in [2.75, 3.05) is 0 Å². The number of halogens is 1. The maximum Gasteiger partial charge on any atom is 0.252 e. The molecule has 0 bridgehead atoms. The Balaban J connectivity index is 1.77. The summed E-state index contributed by atoms with van der Waals surface area (Å²) >= 11 is 5.89. The third-order valence-corrected chi connectivity index (χ3v) is 4.15. The zero-order valence-corrected chi connectivity index (χ0v) is 14.5. The molecule has 0 aliphatic rings. The van der Waals surface area contributed by atoms with Crippen LogP contribution in [0.2, 0.25) is 5.02 Å². The number of primary amides is 1. The summed E-state index contributed by atoms with van der Waals surface area (Å²) in [6.45, 7) is 0.280. The number of carbonyl (C=O) groups excluding carboxylic acids is 1. The first-order valence-electron chi connectivity index (χ1n) is 7.89. The van der Waals surface area contributed by atoms with Crippen molar-refractivity contribution < 1.29 is 9.53 Å². The number of nitrogens with two attached hydrogens (primary N) is 1. The van der Waals surface area contributed by atoms with Gasteiger partial charge in [-0.2, -0.15) is 5.26 Å². The van der Waals surface area contributed by atoms with E-state index in [1.54, 1.807) is 18.2 Å². The highest BCUT2D eigenvalue weighted by Crippen LogP contribution is 2.25.